The monoisotopic (exact) mass is 263 g/mol. The van der Waals surface area contributed by atoms with E-state index in [9.17, 15) is 5.11 Å². The van der Waals surface area contributed by atoms with Crippen molar-refractivity contribution in [2.45, 2.75) is 33.3 Å². The number of hydrogen-bond acceptors (Lipinski definition) is 5. The number of nitrogen functional groups attached to an aromatic ring is 1. The molecule has 0 aromatic carbocycles. The van der Waals surface area contributed by atoms with Crippen molar-refractivity contribution >= 4 is 11.7 Å². The Hall–Kier alpha value is -1.69. The second kappa shape index (κ2) is 5.13. The van der Waals surface area contributed by atoms with E-state index in [0.29, 0.717) is 17.9 Å². The molecule has 2 unspecified atom stereocenters. The summed E-state index contributed by atoms with van der Waals surface area (Å²) in [5, 5.41) is 26.0. The van der Waals surface area contributed by atoms with Crippen LogP contribution in [0, 0.1) is 25.2 Å². The number of β-amino-alcohol motifs (C(OH)–C–C–N with tert-alkyl or cyclic N) is 1. The van der Waals surface area contributed by atoms with Crippen molar-refractivity contribution in [3.63, 3.8) is 0 Å². The molecule has 4 N–H and O–H groups in total. The van der Waals surface area contributed by atoms with Gasteiger partial charge in [-0.3, -0.25) is 5.41 Å². The molecule has 1 aliphatic heterocycles. The lowest BCUT2D eigenvalue weighted by Gasteiger charge is -2.35. The van der Waals surface area contributed by atoms with Crippen LogP contribution in [0.25, 0.3) is 0 Å². The van der Waals surface area contributed by atoms with Crippen LogP contribution in [0.15, 0.2) is 0 Å². The van der Waals surface area contributed by atoms with Crippen LogP contribution in [0.5, 0.6) is 0 Å². The summed E-state index contributed by atoms with van der Waals surface area (Å²) in [5.41, 5.74) is 7.97. The van der Waals surface area contributed by atoms with Crippen LogP contribution in [0.4, 0.5) is 5.82 Å². The number of amidine groups is 1. The van der Waals surface area contributed by atoms with Gasteiger partial charge >= 0.3 is 0 Å². The molecule has 0 bridgehead atoms. The second-order valence-corrected chi connectivity index (χ2v) is 5.30. The molecule has 0 spiro atoms. The molecule has 6 nitrogen and oxygen atoms in total. The molecule has 2 rings (SSSR count). The predicted octanol–water partition coefficient (Wildman–Crippen LogP) is 0.585. The Bertz CT molecular complexity index is 502. The van der Waals surface area contributed by atoms with Gasteiger partial charge in [-0.05, 0) is 31.7 Å². The average Bonchev–Trinajstić information content (AvgIpc) is 2.35. The molecule has 0 amide bonds. The summed E-state index contributed by atoms with van der Waals surface area (Å²) in [6.45, 7) is 7.10. The van der Waals surface area contributed by atoms with Gasteiger partial charge in [0.2, 0.25) is 0 Å². The summed E-state index contributed by atoms with van der Waals surface area (Å²) in [4.78, 5) is 1.97. The number of anilines is 1. The topological polar surface area (TPSA) is 99.1 Å². The van der Waals surface area contributed by atoms with E-state index in [2.05, 4.69) is 10.2 Å². The minimum atomic E-state index is -0.378. The smallest absolute Gasteiger partial charge is 0.162 e. The zero-order chi connectivity index (χ0) is 14.2. The SMILES string of the molecule is Cc1nnc(N2CCC(C)C(O)C2)c(C(=N)N)c1C. The van der Waals surface area contributed by atoms with Crippen molar-refractivity contribution in [1.29, 1.82) is 5.41 Å². The molecule has 104 valence electrons. The number of nitrogens with one attached hydrogen (secondary N) is 1. The van der Waals surface area contributed by atoms with E-state index in [1.807, 2.05) is 25.7 Å². The maximum atomic E-state index is 9.99. The van der Waals surface area contributed by atoms with E-state index in [-0.39, 0.29) is 17.9 Å². The minimum Gasteiger partial charge on any atom is -0.391 e. The van der Waals surface area contributed by atoms with E-state index < -0.39 is 0 Å². The fourth-order valence-corrected chi connectivity index (χ4v) is 2.38. The van der Waals surface area contributed by atoms with Crippen LogP contribution >= 0.6 is 0 Å². The van der Waals surface area contributed by atoms with Gasteiger partial charge in [-0.15, -0.1) is 5.10 Å². The fourth-order valence-electron chi connectivity index (χ4n) is 2.38. The number of piperidine rings is 1. The molecular weight excluding hydrogens is 242 g/mol. The van der Waals surface area contributed by atoms with Gasteiger partial charge in [-0.1, -0.05) is 6.92 Å². The van der Waals surface area contributed by atoms with E-state index in [0.717, 1.165) is 24.2 Å². The standard InChI is InChI=1S/C13H21N5O/c1-7-4-5-18(6-10(7)19)13-11(12(14)15)8(2)9(3)16-17-13/h7,10,19H,4-6H2,1-3H3,(H3,14,15). The second-order valence-electron chi connectivity index (χ2n) is 5.30. The number of nitrogens with two attached hydrogens (primary N) is 1. The van der Waals surface area contributed by atoms with Crippen LogP contribution in [0.2, 0.25) is 0 Å². The molecule has 6 heteroatoms. The lowest BCUT2D eigenvalue weighted by Crippen LogP contribution is -2.44. The normalized spacial score (nSPS) is 23.5. The third-order valence-corrected chi connectivity index (χ3v) is 3.92. The number of nitrogens with zero attached hydrogens (tertiary/aromatic N) is 3. The Morgan fingerprint density at radius 2 is 2.11 bits per heavy atom. The van der Waals surface area contributed by atoms with Crippen LogP contribution in [0.3, 0.4) is 0 Å². The summed E-state index contributed by atoms with van der Waals surface area (Å²) in [5.74, 6) is 0.900. The van der Waals surface area contributed by atoms with Gasteiger partial charge in [0.25, 0.3) is 0 Å². The van der Waals surface area contributed by atoms with Crippen molar-refractivity contribution in [1.82, 2.24) is 10.2 Å². The number of aliphatic hydroxyl groups is 1. The average molecular weight is 263 g/mol. The molecule has 0 radical (unpaired) electrons. The van der Waals surface area contributed by atoms with E-state index in [1.165, 1.54) is 0 Å². The molecule has 1 saturated heterocycles. The first-order valence-corrected chi connectivity index (χ1v) is 6.53. The summed E-state index contributed by atoms with van der Waals surface area (Å²) in [6, 6.07) is 0. The molecule has 2 heterocycles. The summed E-state index contributed by atoms with van der Waals surface area (Å²) in [6.07, 6.45) is 0.518. The van der Waals surface area contributed by atoms with Gasteiger partial charge < -0.3 is 15.7 Å². The maximum Gasteiger partial charge on any atom is 0.162 e. The van der Waals surface area contributed by atoms with Gasteiger partial charge in [-0.2, -0.15) is 5.10 Å². The van der Waals surface area contributed by atoms with Crippen molar-refractivity contribution in [2.24, 2.45) is 11.7 Å². The van der Waals surface area contributed by atoms with Crippen LogP contribution in [0.1, 0.15) is 30.2 Å². The van der Waals surface area contributed by atoms with Crippen LogP contribution in [-0.2, 0) is 0 Å². The fraction of sp³-hybridized carbons (Fsp3) is 0.615. The number of aliphatic hydroxyl groups excluding tert-OH is 1. The Labute approximate surface area is 113 Å². The Morgan fingerprint density at radius 1 is 1.42 bits per heavy atom. The van der Waals surface area contributed by atoms with Gasteiger partial charge in [0.1, 0.15) is 5.84 Å². The van der Waals surface area contributed by atoms with E-state index in [1.54, 1.807) is 0 Å². The molecule has 1 aromatic heterocycles. The quantitative estimate of drug-likeness (QED) is 0.535. The highest BCUT2D eigenvalue weighted by atomic mass is 16.3. The highest BCUT2D eigenvalue weighted by Crippen LogP contribution is 2.26. The molecule has 0 aliphatic carbocycles. The summed E-state index contributed by atoms with van der Waals surface area (Å²) in [7, 11) is 0. The van der Waals surface area contributed by atoms with E-state index >= 15 is 0 Å². The summed E-state index contributed by atoms with van der Waals surface area (Å²) < 4.78 is 0. The molecule has 2 atom stereocenters. The first kappa shape index (κ1) is 13.7. The number of aryl methyl sites for hydroxylation is 1. The van der Waals surface area contributed by atoms with Crippen molar-refractivity contribution in [3.05, 3.63) is 16.8 Å². The number of rotatable bonds is 2. The Balaban J connectivity index is 2.40. The number of hydrogen-bond donors (Lipinski definition) is 3. The Kier molecular flexibility index (Phi) is 3.71. The minimum absolute atomic E-state index is 0.00129. The van der Waals surface area contributed by atoms with Gasteiger partial charge in [0.15, 0.2) is 5.82 Å². The highest BCUT2D eigenvalue weighted by molar-refractivity contribution is 6.01. The Morgan fingerprint density at radius 3 is 2.68 bits per heavy atom. The zero-order valence-electron chi connectivity index (χ0n) is 11.6. The predicted molar refractivity (Wildman–Crippen MR) is 74.5 cm³/mol. The van der Waals surface area contributed by atoms with Gasteiger partial charge in [0.05, 0.1) is 17.4 Å². The first-order valence-electron chi connectivity index (χ1n) is 6.53. The third-order valence-electron chi connectivity index (χ3n) is 3.92. The van der Waals surface area contributed by atoms with Gasteiger partial charge in [-0.25, -0.2) is 0 Å². The molecule has 1 fully saturated rings. The van der Waals surface area contributed by atoms with Gasteiger partial charge in [0, 0.05) is 13.1 Å². The first-order chi connectivity index (χ1) is 8.91. The lowest BCUT2D eigenvalue weighted by atomic mass is 9.95. The van der Waals surface area contributed by atoms with Crippen LogP contribution < -0.4 is 10.6 Å². The van der Waals surface area contributed by atoms with Crippen molar-refractivity contribution in [2.75, 3.05) is 18.0 Å². The van der Waals surface area contributed by atoms with Crippen LogP contribution in [-0.4, -0.2) is 40.3 Å². The zero-order valence-corrected chi connectivity index (χ0v) is 11.6. The molecule has 1 aromatic rings. The maximum absolute atomic E-state index is 9.99. The van der Waals surface area contributed by atoms with Crippen molar-refractivity contribution < 1.29 is 5.11 Å². The third kappa shape index (κ3) is 2.53. The number of aromatic nitrogens is 2. The molecule has 19 heavy (non-hydrogen) atoms. The molecule has 1 aliphatic rings. The molecular formula is C13H21N5O. The molecule has 0 saturated carbocycles. The van der Waals surface area contributed by atoms with E-state index in [4.69, 9.17) is 11.1 Å². The largest absolute Gasteiger partial charge is 0.391 e. The lowest BCUT2D eigenvalue weighted by molar-refractivity contribution is 0.102. The van der Waals surface area contributed by atoms with Crippen molar-refractivity contribution in [3.8, 4) is 0 Å². The summed E-state index contributed by atoms with van der Waals surface area (Å²) >= 11 is 0. The highest BCUT2D eigenvalue weighted by Gasteiger charge is 2.28.